The fourth-order valence-electron chi connectivity index (χ4n) is 3.96. The number of ketones is 1. The molecule has 5 rings (SSSR count). The Balaban J connectivity index is 1.38. The Kier molecular flexibility index (Phi) is 6.03. The molecule has 166 valence electrons. The zero-order valence-corrected chi connectivity index (χ0v) is 18.0. The first kappa shape index (κ1) is 21.1. The Labute approximate surface area is 190 Å². The molecule has 1 saturated heterocycles. The topological polar surface area (TPSA) is 79.7 Å². The minimum Gasteiger partial charge on any atom is -0.475 e. The van der Waals surface area contributed by atoms with Crippen molar-refractivity contribution in [3.8, 4) is 29.0 Å². The van der Waals surface area contributed by atoms with Gasteiger partial charge >= 0.3 is 5.69 Å². The summed E-state index contributed by atoms with van der Waals surface area (Å²) in [6.45, 7) is 2.37. The van der Waals surface area contributed by atoms with E-state index in [9.17, 15) is 9.59 Å². The van der Waals surface area contributed by atoms with Gasteiger partial charge in [0.1, 0.15) is 12.7 Å². The number of fused-ring (bicyclic) bond motifs is 3. The highest BCUT2D eigenvalue weighted by Crippen LogP contribution is 2.30. The summed E-state index contributed by atoms with van der Waals surface area (Å²) in [5.74, 6) is 5.73. The zero-order valence-electron chi connectivity index (χ0n) is 18.0. The summed E-state index contributed by atoms with van der Waals surface area (Å²) >= 11 is 0. The Hall–Kier alpha value is -3.73. The molecular weight excluding hydrogens is 420 g/mol. The van der Waals surface area contributed by atoms with Gasteiger partial charge < -0.3 is 14.2 Å². The summed E-state index contributed by atoms with van der Waals surface area (Å²) in [5.41, 5.74) is 3.74. The summed E-state index contributed by atoms with van der Waals surface area (Å²) in [6, 6.07) is 16.5. The molecule has 0 bridgehead atoms. The predicted molar refractivity (Wildman–Crippen MR) is 121 cm³/mol. The first-order chi connectivity index (χ1) is 16.2. The number of Topliss-reactive ketones (excluding diaryl/α,β-unsaturated/α-hetero) is 1. The number of rotatable bonds is 4. The van der Waals surface area contributed by atoms with E-state index in [2.05, 4.69) is 16.8 Å². The van der Waals surface area contributed by atoms with Crippen molar-refractivity contribution in [1.82, 2.24) is 9.55 Å². The van der Waals surface area contributed by atoms with Crippen LogP contribution in [0, 0.1) is 11.8 Å². The third-order valence-corrected chi connectivity index (χ3v) is 5.63. The molecule has 2 aromatic carbocycles. The third-order valence-electron chi connectivity index (χ3n) is 5.63. The van der Waals surface area contributed by atoms with Crippen LogP contribution in [0.1, 0.15) is 21.5 Å². The number of aryl methyl sites for hydroxylation is 1. The smallest absolute Gasteiger partial charge is 0.351 e. The molecule has 0 amide bonds. The lowest BCUT2D eigenvalue weighted by atomic mass is 9.95. The number of benzene rings is 2. The zero-order chi connectivity index (χ0) is 22.6. The molecule has 3 heterocycles. The van der Waals surface area contributed by atoms with E-state index in [0.29, 0.717) is 38.3 Å². The molecule has 33 heavy (non-hydrogen) atoms. The maximum atomic E-state index is 12.6. The Morgan fingerprint density at radius 3 is 2.85 bits per heavy atom. The minimum absolute atomic E-state index is 0.175. The summed E-state index contributed by atoms with van der Waals surface area (Å²) in [6.07, 6.45) is 0.505. The second-order valence-electron chi connectivity index (χ2n) is 7.86. The van der Waals surface area contributed by atoms with Crippen LogP contribution < -0.4 is 10.4 Å². The van der Waals surface area contributed by atoms with Crippen LogP contribution in [0.2, 0.25) is 0 Å². The number of nitrogens with zero attached hydrogens (tertiary/aromatic N) is 2. The van der Waals surface area contributed by atoms with Crippen LogP contribution >= 0.6 is 0 Å². The normalized spacial score (nSPS) is 16.7. The second kappa shape index (κ2) is 9.41. The fourth-order valence-corrected chi connectivity index (χ4v) is 3.96. The van der Waals surface area contributed by atoms with Gasteiger partial charge in [-0.25, -0.2) is 4.79 Å². The predicted octanol–water partition coefficient (Wildman–Crippen LogP) is 2.50. The van der Waals surface area contributed by atoms with E-state index in [-0.39, 0.29) is 30.1 Å². The van der Waals surface area contributed by atoms with Crippen molar-refractivity contribution in [1.29, 1.82) is 0 Å². The van der Waals surface area contributed by atoms with Crippen molar-refractivity contribution in [2.24, 2.45) is 0 Å². The van der Waals surface area contributed by atoms with Gasteiger partial charge in [-0.1, -0.05) is 42.3 Å². The summed E-state index contributed by atoms with van der Waals surface area (Å²) < 4.78 is 18.4. The molecule has 1 aromatic heterocycles. The van der Waals surface area contributed by atoms with Crippen LogP contribution in [0.3, 0.4) is 0 Å². The standard InChI is InChI=1S/C26H22N2O5/c29-24(19-4-2-1-3-5-19)9-7-18-6-8-22-20(14-18)10-11-28-23(22)15-25(27-26(28)30)33-17-21-16-31-12-13-32-21/h1-6,8,14-15,21H,10-13,16-17H2. The van der Waals surface area contributed by atoms with Crippen LogP contribution in [0.25, 0.3) is 11.3 Å². The van der Waals surface area contributed by atoms with E-state index in [0.717, 1.165) is 22.4 Å². The second-order valence-corrected chi connectivity index (χ2v) is 7.86. The number of hydrogen-bond acceptors (Lipinski definition) is 6. The molecule has 0 radical (unpaired) electrons. The lowest BCUT2D eigenvalue weighted by Crippen LogP contribution is -2.34. The number of ether oxygens (including phenoxy) is 3. The summed E-state index contributed by atoms with van der Waals surface area (Å²) in [5, 5.41) is 0. The van der Waals surface area contributed by atoms with E-state index >= 15 is 0 Å². The quantitative estimate of drug-likeness (QED) is 0.456. The molecule has 7 nitrogen and oxygen atoms in total. The van der Waals surface area contributed by atoms with Crippen LogP contribution in [-0.2, 0) is 22.4 Å². The third kappa shape index (κ3) is 4.72. The van der Waals surface area contributed by atoms with E-state index in [1.54, 1.807) is 22.8 Å². The van der Waals surface area contributed by atoms with E-state index in [1.165, 1.54) is 0 Å². The molecule has 1 atom stereocenters. The van der Waals surface area contributed by atoms with Gasteiger partial charge in [-0.05, 0) is 30.0 Å². The van der Waals surface area contributed by atoms with Gasteiger partial charge in [0, 0.05) is 29.3 Å². The van der Waals surface area contributed by atoms with E-state index in [4.69, 9.17) is 14.2 Å². The monoisotopic (exact) mass is 442 g/mol. The molecule has 2 aliphatic heterocycles. The number of carbonyl (C=O) groups excluding carboxylic acids is 1. The number of carbonyl (C=O) groups is 1. The van der Waals surface area contributed by atoms with Crippen molar-refractivity contribution in [3.63, 3.8) is 0 Å². The Morgan fingerprint density at radius 1 is 1.15 bits per heavy atom. The average Bonchev–Trinajstić information content (AvgIpc) is 2.87. The molecule has 3 aromatic rings. The van der Waals surface area contributed by atoms with Gasteiger partial charge in [0.2, 0.25) is 11.7 Å². The van der Waals surface area contributed by atoms with Crippen molar-refractivity contribution >= 4 is 5.78 Å². The van der Waals surface area contributed by atoms with Gasteiger partial charge in [0.05, 0.1) is 25.5 Å². The van der Waals surface area contributed by atoms with Crippen molar-refractivity contribution in [2.45, 2.75) is 19.1 Å². The highest BCUT2D eigenvalue weighted by Gasteiger charge is 2.21. The molecule has 0 saturated carbocycles. The first-order valence-corrected chi connectivity index (χ1v) is 10.9. The lowest BCUT2D eigenvalue weighted by molar-refractivity contribution is -0.102. The molecule has 0 spiro atoms. The summed E-state index contributed by atoms with van der Waals surface area (Å²) in [7, 11) is 0. The Morgan fingerprint density at radius 2 is 2.03 bits per heavy atom. The lowest BCUT2D eigenvalue weighted by Gasteiger charge is -2.24. The molecule has 0 aliphatic carbocycles. The fraction of sp³-hybridized carbons (Fsp3) is 0.269. The van der Waals surface area contributed by atoms with Crippen molar-refractivity contribution in [2.75, 3.05) is 26.4 Å². The van der Waals surface area contributed by atoms with Crippen molar-refractivity contribution in [3.05, 3.63) is 81.8 Å². The maximum absolute atomic E-state index is 12.6. The molecule has 1 fully saturated rings. The van der Waals surface area contributed by atoms with Gasteiger partial charge in [-0.3, -0.25) is 9.36 Å². The van der Waals surface area contributed by atoms with Crippen LogP contribution in [0.5, 0.6) is 5.88 Å². The van der Waals surface area contributed by atoms with Gasteiger partial charge in [0.25, 0.3) is 0 Å². The van der Waals surface area contributed by atoms with Gasteiger partial charge in [-0.2, -0.15) is 4.98 Å². The van der Waals surface area contributed by atoms with Crippen LogP contribution in [0.4, 0.5) is 0 Å². The number of aromatic nitrogens is 2. The van der Waals surface area contributed by atoms with Crippen LogP contribution in [-0.4, -0.2) is 47.9 Å². The molecule has 7 heteroatoms. The molecule has 1 unspecified atom stereocenters. The Bertz CT molecular complexity index is 1300. The number of hydrogen-bond donors (Lipinski definition) is 0. The highest BCUT2D eigenvalue weighted by molar-refractivity contribution is 6.09. The van der Waals surface area contributed by atoms with E-state index in [1.807, 2.05) is 36.4 Å². The van der Waals surface area contributed by atoms with Gasteiger partial charge in [0.15, 0.2) is 0 Å². The summed E-state index contributed by atoms with van der Waals surface area (Å²) in [4.78, 5) is 28.9. The van der Waals surface area contributed by atoms with E-state index < -0.39 is 0 Å². The molecular formula is C26H22N2O5. The van der Waals surface area contributed by atoms with Crippen LogP contribution in [0.15, 0.2) is 59.4 Å². The first-order valence-electron chi connectivity index (χ1n) is 10.9. The molecule has 2 aliphatic rings. The van der Waals surface area contributed by atoms with Gasteiger partial charge in [-0.15, -0.1) is 0 Å². The highest BCUT2D eigenvalue weighted by atomic mass is 16.6. The molecule has 0 N–H and O–H groups in total. The average molecular weight is 442 g/mol. The van der Waals surface area contributed by atoms with Crippen molar-refractivity contribution < 1.29 is 19.0 Å². The SMILES string of the molecule is O=C(C#Cc1ccc2c(c1)CCn1c-2cc(OCC2COCCO2)nc1=O)c1ccccc1. The minimum atomic E-state index is -0.341. The maximum Gasteiger partial charge on any atom is 0.351 e. The largest absolute Gasteiger partial charge is 0.475 e.